The summed E-state index contributed by atoms with van der Waals surface area (Å²) in [6, 6.07) is 6.20. The van der Waals surface area contributed by atoms with Crippen molar-refractivity contribution in [2.75, 3.05) is 10.6 Å². The Hall–Kier alpha value is -2.05. The second-order valence-electron chi connectivity index (χ2n) is 6.70. The van der Waals surface area contributed by atoms with Gasteiger partial charge in [-0.2, -0.15) is 5.10 Å². The Kier molecular flexibility index (Phi) is 5.75. The second-order valence-corrected chi connectivity index (χ2v) is 7.49. The normalized spacial score (nSPS) is 11.3. The first kappa shape index (κ1) is 19.3. The number of nitrogens with zero attached hydrogens (tertiary/aromatic N) is 2. The first-order valence-corrected chi connectivity index (χ1v) is 8.43. The van der Waals surface area contributed by atoms with Crippen LogP contribution in [0.15, 0.2) is 24.3 Å². The fourth-order valence-electron chi connectivity index (χ4n) is 2.09. The molecule has 0 bridgehead atoms. The van der Waals surface area contributed by atoms with Crippen LogP contribution in [0.2, 0.25) is 10.0 Å². The molecule has 0 spiro atoms. The standard InChI is InChI=1S/C17H20Cl2N4O2/c1-10(24)9-23-14(8-13(22-23)17(2,3)4)21-16(25)20-12-7-5-6-11(18)15(12)19/h5-8H,9H2,1-4H3,(H2,20,21,25). The molecule has 0 unspecified atom stereocenters. The summed E-state index contributed by atoms with van der Waals surface area (Å²) in [5.41, 5.74) is 0.941. The summed E-state index contributed by atoms with van der Waals surface area (Å²) < 4.78 is 1.47. The Bertz CT molecular complexity index is 809. The molecule has 1 heterocycles. The van der Waals surface area contributed by atoms with Crippen molar-refractivity contribution in [2.24, 2.45) is 0 Å². The van der Waals surface area contributed by atoms with E-state index >= 15 is 0 Å². The SMILES string of the molecule is CC(=O)Cn1nc(C(C)(C)C)cc1NC(=O)Nc1cccc(Cl)c1Cl. The lowest BCUT2D eigenvalue weighted by atomic mass is 9.92. The molecule has 2 rings (SSSR count). The lowest BCUT2D eigenvalue weighted by Gasteiger charge is -2.13. The minimum Gasteiger partial charge on any atom is -0.306 e. The predicted molar refractivity (Wildman–Crippen MR) is 101 cm³/mol. The minimum atomic E-state index is -0.505. The van der Waals surface area contributed by atoms with Crippen molar-refractivity contribution in [1.29, 1.82) is 0 Å². The van der Waals surface area contributed by atoms with Gasteiger partial charge in [0.1, 0.15) is 12.4 Å². The maximum Gasteiger partial charge on any atom is 0.324 e. The molecular weight excluding hydrogens is 363 g/mol. The Labute approximate surface area is 156 Å². The molecule has 2 aromatic rings. The van der Waals surface area contributed by atoms with Gasteiger partial charge in [0.15, 0.2) is 5.78 Å². The van der Waals surface area contributed by atoms with Crippen molar-refractivity contribution < 1.29 is 9.59 Å². The first-order valence-electron chi connectivity index (χ1n) is 7.67. The van der Waals surface area contributed by atoms with E-state index < -0.39 is 6.03 Å². The van der Waals surface area contributed by atoms with Crippen LogP contribution < -0.4 is 10.6 Å². The topological polar surface area (TPSA) is 76.0 Å². The Balaban J connectivity index is 2.23. The lowest BCUT2D eigenvalue weighted by Crippen LogP contribution is -2.22. The van der Waals surface area contributed by atoms with Crippen LogP contribution in [0.4, 0.5) is 16.3 Å². The number of hydrogen-bond acceptors (Lipinski definition) is 3. The van der Waals surface area contributed by atoms with Gasteiger partial charge in [-0.15, -0.1) is 0 Å². The van der Waals surface area contributed by atoms with Crippen molar-refractivity contribution in [3.8, 4) is 0 Å². The number of amides is 2. The maximum atomic E-state index is 12.3. The largest absolute Gasteiger partial charge is 0.324 e. The van der Waals surface area contributed by atoms with E-state index in [2.05, 4.69) is 15.7 Å². The first-order chi connectivity index (χ1) is 11.6. The highest BCUT2D eigenvalue weighted by atomic mass is 35.5. The van der Waals surface area contributed by atoms with Gasteiger partial charge in [0.05, 0.1) is 21.4 Å². The highest BCUT2D eigenvalue weighted by Crippen LogP contribution is 2.30. The number of carbonyl (C=O) groups excluding carboxylic acids is 2. The molecule has 0 aliphatic carbocycles. The third-order valence-corrected chi connectivity index (χ3v) is 4.18. The fraction of sp³-hybridized carbons (Fsp3) is 0.353. The number of rotatable bonds is 4. The third-order valence-electron chi connectivity index (χ3n) is 3.36. The number of benzene rings is 1. The number of urea groups is 1. The number of nitrogens with one attached hydrogen (secondary N) is 2. The van der Waals surface area contributed by atoms with Crippen LogP contribution in [0.25, 0.3) is 0 Å². The van der Waals surface area contributed by atoms with Gasteiger partial charge in [-0.1, -0.05) is 50.0 Å². The molecule has 0 fully saturated rings. The van der Waals surface area contributed by atoms with E-state index in [1.54, 1.807) is 24.3 Å². The number of anilines is 2. The predicted octanol–water partition coefficient (Wildman–Crippen LogP) is 4.72. The average Bonchev–Trinajstić information content (AvgIpc) is 2.86. The van der Waals surface area contributed by atoms with E-state index in [1.165, 1.54) is 11.6 Å². The summed E-state index contributed by atoms with van der Waals surface area (Å²) in [4.78, 5) is 23.8. The molecule has 0 aliphatic rings. The van der Waals surface area contributed by atoms with Crippen LogP contribution in [0, 0.1) is 0 Å². The highest BCUT2D eigenvalue weighted by Gasteiger charge is 2.21. The molecule has 2 amide bonds. The van der Waals surface area contributed by atoms with Gasteiger partial charge in [-0.25, -0.2) is 9.48 Å². The summed E-state index contributed by atoms with van der Waals surface area (Å²) >= 11 is 12.0. The van der Waals surface area contributed by atoms with Gasteiger partial charge in [0, 0.05) is 11.5 Å². The zero-order chi connectivity index (χ0) is 18.8. The molecule has 1 aromatic heterocycles. The van der Waals surface area contributed by atoms with Crippen LogP contribution in [-0.2, 0) is 16.8 Å². The van der Waals surface area contributed by atoms with Crippen molar-refractivity contribution in [3.63, 3.8) is 0 Å². The monoisotopic (exact) mass is 382 g/mol. The molecule has 0 saturated carbocycles. The minimum absolute atomic E-state index is 0.0649. The van der Waals surface area contributed by atoms with E-state index in [4.69, 9.17) is 23.2 Å². The Morgan fingerprint density at radius 3 is 2.48 bits per heavy atom. The van der Waals surface area contributed by atoms with Crippen molar-refractivity contribution >= 4 is 46.5 Å². The second kappa shape index (κ2) is 7.45. The summed E-state index contributed by atoms with van der Waals surface area (Å²) in [7, 11) is 0. The van der Waals surface area contributed by atoms with Gasteiger partial charge < -0.3 is 5.32 Å². The molecule has 0 radical (unpaired) electrons. The number of carbonyl (C=O) groups is 2. The zero-order valence-corrected chi connectivity index (χ0v) is 16.0. The van der Waals surface area contributed by atoms with Gasteiger partial charge >= 0.3 is 6.03 Å². The molecule has 1 aromatic carbocycles. The van der Waals surface area contributed by atoms with E-state index in [-0.39, 0.29) is 22.8 Å². The third kappa shape index (κ3) is 4.96. The number of halogens is 2. The van der Waals surface area contributed by atoms with E-state index in [1.807, 2.05) is 20.8 Å². The number of Topliss-reactive ketones (excluding diaryl/α,β-unsaturated/α-hetero) is 1. The van der Waals surface area contributed by atoms with Gasteiger partial charge in [0.2, 0.25) is 0 Å². The van der Waals surface area contributed by atoms with Crippen LogP contribution >= 0.6 is 23.2 Å². The van der Waals surface area contributed by atoms with Crippen molar-refractivity contribution in [1.82, 2.24) is 9.78 Å². The lowest BCUT2D eigenvalue weighted by molar-refractivity contribution is -0.117. The average molecular weight is 383 g/mol. The summed E-state index contributed by atoms with van der Waals surface area (Å²) in [5.74, 6) is 0.362. The van der Waals surface area contributed by atoms with Crippen LogP contribution in [-0.4, -0.2) is 21.6 Å². The quantitative estimate of drug-likeness (QED) is 0.802. The number of ketones is 1. The molecule has 0 atom stereocenters. The van der Waals surface area contributed by atoms with Crippen molar-refractivity contribution in [2.45, 2.75) is 39.7 Å². The Morgan fingerprint density at radius 2 is 1.88 bits per heavy atom. The van der Waals surface area contributed by atoms with Gasteiger partial charge in [-0.05, 0) is 19.1 Å². The molecule has 134 valence electrons. The van der Waals surface area contributed by atoms with Crippen molar-refractivity contribution in [3.05, 3.63) is 40.0 Å². The Morgan fingerprint density at radius 1 is 1.20 bits per heavy atom. The molecule has 8 heteroatoms. The van der Waals surface area contributed by atoms with E-state index in [9.17, 15) is 9.59 Å². The molecule has 25 heavy (non-hydrogen) atoms. The zero-order valence-electron chi connectivity index (χ0n) is 14.5. The molecule has 2 N–H and O–H groups in total. The van der Waals surface area contributed by atoms with Crippen LogP contribution in [0.5, 0.6) is 0 Å². The smallest absolute Gasteiger partial charge is 0.306 e. The van der Waals surface area contributed by atoms with Gasteiger partial charge in [0.25, 0.3) is 0 Å². The molecule has 0 saturated heterocycles. The van der Waals surface area contributed by atoms with Crippen LogP contribution in [0.3, 0.4) is 0 Å². The highest BCUT2D eigenvalue weighted by molar-refractivity contribution is 6.44. The van der Waals surface area contributed by atoms with E-state index in [0.717, 1.165) is 5.69 Å². The summed E-state index contributed by atoms with van der Waals surface area (Å²) in [6.07, 6.45) is 0. The molecule has 0 aliphatic heterocycles. The summed E-state index contributed by atoms with van der Waals surface area (Å²) in [5, 5.41) is 10.4. The van der Waals surface area contributed by atoms with E-state index in [0.29, 0.717) is 16.5 Å². The number of hydrogen-bond donors (Lipinski definition) is 2. The maximum absolute atomic E-state index is 12.3. The fourth-order valence-corrected chi connectivity index (χ4v) is 2.43. The number of aromatic nitrogens is 2. The van der Waals surface area contributed by atoms with Crippen LogP contribution in [0.1, 0.15) is 33.4 Å². The van der Waals surface area contributed by atoms with Gasteiger partial charge in [-0.3, -0.25) is 10.1 Å². The summed E-state index contributed by atoms with van der Waals surface area (Å²) in [6.45, 7) is 7.55. The molecule has 6 nitrogen and oxygen atoms in total. The molecular formula is C17H20Cl2N4O2.